The van der Waals surface area contributed by atoms with Gasteiger partial charge in [-0.15, -0.1) is 11.8 Å². The van der Waals surface area contributed by atoms with E-state index in [4.69, 9.17) is 5.11 Å². The minimum Gasteiger partial charge on any atom is -0.481 e. The summed E-state index contributed by atoms with van der Waals surface area (Å²) in [6, 6.07) is 5.89. The molecule has 0 aliphatic rings. The van der Waals surface area contributed by atoms with Gasteiger partial charge in [0.05, 0.1) is 6.42 Å². The second kappa shape index (κ2) is 9.19. The molecule has 2 amide bonds. The zero-order valence-corrected chi connectivity index (χ0v) is 11.7. The Morgan fingerprint density at radius 2 is 1.80 bits per heavy atom. The van der Waals surface area contributed by atoms with E-state index >= 15 is 0 Å². The molecule has 5 nitrogen and oxygen atoms in total. The summed E-state index contributed by atoms with van der Waals surface area (Å²) in [5, 5.41) is 13.5. The van der Waals surface area contributed by atoms with Gasteiger partial charge in [0.25, 0.3) is 0 Å². The van der Waals surface area contributed by atoms with Crippen LogP contribution in [0.3, 0.4) is 0 Å². The average Bonchev–Trinajstić information content (AvgIpc) is 2.40. The van der Waals surface area contributed by atoms with Gasteiger partial charge in [-0.05, 0) is 36.4 Å². The Morgan fingerprint density at radius 1 is 1.15 bits per heavy atom. The van der Waals surface area contributed by atoms with Gasteiger partial charge >= 0.3 is 12.0 Å². The van der Waals surface area contributed by atoms with Crippen molar-refractivity contribution in [3.8, 4) is 0 Å². The molecule has 0 radical (unpaired) electrons. The SMILES string of the molecule is O=C(O)CCNC(=O)NCCCSc1ccc(F)cc1. The Hall–Kier alpha value is -1.76. The lowest BCUT2D eigenvalue weighted by atomic mass is 10.4. The number of carboxylic acids is 1. The van der Waals surface area contributed by atoms with Crippen LogP contribution in [0.25, 0.3) is 0 Å². The molecule has 20 heavy (non-hydrogen) atoms. The van der Waals surface area contributed by atoms with Crippen LogP contribution in [-0.2, 0) is 4.79 Å². The number of urea groups is 1. The van der Waals surface area contributed by atoms with Crippen LogP contribution >= 0.6 is 11.8 Å². The zero-order valence-electron chi connectivity index (χ0n) is 10.9. The van der Waals surface area contributed by atoms with E-state index in [1.54, 1.807) is 23.9 Å². The molecule has 0 heterocycles. The summed E-state index contributed by atoms with van der Waals surface area (Å²) in [6.45, 7) is 0.624. The summed E-state index contributed by atoms with van der Waals surface area (Å²) >= 11 is 1.59. The van der Waals surface area contributed by atoms with Crippen molar-refractivity contribution in [1.82, 2.24) is 10.6 Å². The molecule has 0 saturated carbocycles. The highest BCUT2D eigenvalue weighted by atomic mass is 32.2. The van der Waals surface area contributed by atoms with Gasteiger partial charge in [-0.2, -0.15) is 0 Å². The Balaban J connectivity index is 2.02. The van der Waals surface area contributed by atoms with Crippen LogP contribution < -0.4 is 10.6 Å². The molecule has 0 aromatic heterocycles. The lowest BCUT2D eigenvalue weighted by Crippen LogP contribution is -2.37. The second-order valence-electron chi connectivity index (χ2n) is 3.98. The predicted molar refractivity (Wildman–Crippen MR) is 75.4 cm³/mol. The first-order valence-corrected chi connectivity index (χ1v) is 7.18. The van der Waals surface area contributed by atoms with Gasteiger partial charge in [0.2, 0.25) is 0 Å². The fraction of sp³-hybridized carbons (Fsp3) is 0.385. The second-order valence-corrected chi connectivity index (χ2v) is 5.15. The van der Waals surface area contributed by atoms with E-state index < -0.39 is 5.97 Å². The molecule has 1 aromatic rings. The number of carbonyl (C=O) groups is 2. The van der Waals surface area contributed by atoms with Gasteiger partial charge in [-0.3, -0.25) is 4.79 Å². The van der Waals surface area contributed by atoms with Gasteiger partial charge in [-0.25, -0.2) is 9.18 Å². The zero-order chi connectivity index (χ0) is 14.8. The molecule has 1 aromatic carbocycles. The number of amides is 2. The van der Waals surface area contributed by atoms with E-state index in [9.17, 15) is 14.0 Å². The van der Waals surface area contributed by atoms with E-state index in [1.165, 1.54) is 12.1 Å². The highest BCUT2D eigenvalue weighted by molar-refractivity contribution is 7.99. The van der Waals surface area contributed by atoms with Crippen LogP contribution in [-0.4, -0.2) is 35.9 Å². The molecular weight excluding hydrogens is 283 g/mol. The van der Waals surface area contributed by atoms with E-state index in [2.05, 4.69) is 10.6 Å². The van der Waals surface area contributed by atoms with E-state index in [0.29, 0.717) is 6.54 Å². The molecule has 0 bridgehead atoms. The third-order valence-corrected chi connectivity index (χ3v) is 3.41. The molecule has 0 aliphatic carbocycles. The number of hydrogen-bond acceptors (Lipinski definition) is 3. The van der Waals surface area contributed by atoms with Crippen molar-refractivity contribution in [3.63, 3.8) is 0 Å². The molecule has 1 rings (SSSR count). The Labute approximate surface area is 120 Å². The van der Waals surface area contributed by atoms with Crippen molar-refractivity contribution in [3.05, 3.63) is 30.1 Å². The van der Waals surface area contributed by atoms with E-state index in [0.717, 1.165) is 17.1 Å². The molecule has 0 spiro atoms. The molecular formula is C13H17FN2O3S. The number of nitrogens with one attached hydrogen (secondary N) is 2. The number of halogens is 1. The largest absolute Gasteiger partial charge is 0.481 e. The standard InChI is InChI=1S/C13H17FN2O3S/c14-10-2-4-11(5-3-10)20-9-1-7-15-13(19)16-8-6-12(17)18/h2-5H,1,6-9H2,(H,17,18)(H2,15,16,19). The van der Waals surface area contributed by atoms with Crippen molar-refractivity contribution in [2.24, 2.45) is 0 Å². The molecule has 0 saturated heterocycles. The van der Waals surface area contributed by atoms with Crippen LogP contribution in [0.1, 0.15) is 12.8 Å². The minimum absolute atomic E-state index is 0.0894. The summed E-state index contributed by atoms with van der Waals surface area (Å²) < 4.78 is 12.7. The van der Waals surface area contributed by atoms with Gasteiger partial charge in [0, 0.05) is 18.0 Å². The highest BCUT2D eigenvalue weighted by Crippen LogP contribution is 2.18. The fourth-order valence-corrected chi connectivity index (χ4v) is 2.19. The van der Waals surface area contributed by atoms with Crippen LogP contribution in [0.4, 0.5) is 9.18 Å². The Morgan fingerprint density at radius 3 is 2.45 bits per heavy atom. The van der Waals surface area contributed by atoms with Crippen molar-refractivity contribution in [2.75, 3.05) is 18.8 Å². The number of carboxylic acid groups (broad SMARTS) is 1. The smallest absolute Gasteiger partial charge is 0.314 e. The first-order chi connectivity index (χ1) is 9.58. The molecule has 0 fully saturated rings. The maximum absolute atomic E-state index is 12.7. The summed E-state index contributed by atoms with van der Waals surface area (Å²) in [5.41, 5.74) is 0. The molecule has 0 atom stereocenters. The Kier molecular flexibility index (Phi) is 7.49. The van der Waals surface area contributed by atoms with Gasteiger partial charge < -0.3 is 15.7 Å². The predicted octanol–water partition coefficient (Wildman–Crippen LogP) is 2.08. The Bertz CT molecular complexity index is 440. The number of benzene rings is 1. The lowest BCUT2D eigenvalue weighted by molar-refractivity contribution is -0.136. The summed E-state index contributed by atoms with van der Waals surface area (Å²) in [6.07, 6.45) is 0.683. The number of carbonyl (C=O) groups excluding carboxylic acids is 1. The minimum atomic E-state index is -0.944. The van der Waals surface area contributed by atoms with E-state index in [1.807, 2.05) is 0 Å². The monoisotopic (exact) mass is 300 g/mol. The fourth-order valence-electron chi connectivity index (χ4n) is 1.34. The summed E-state index contributed by atoms with van der Waals surface area (Å²) in [7, 11) is 0. The maximum atomic E-state index is 12.7. The van der Waals surface area contributed by atoms with Crippen LogP contribution in [0.2, 0.25) is 0 Å². The first-order valence-electron chi connectivity index (χ1n) is 6.20. The highest BCUT2D eigenvalue weighted by Gasteiger charge is 2.01. The number of thioether (sulfide) groups is 1. The number of rotatable bonds is 8. The third kappa shape index (κ3) is 7.63. The van der Waals surface area contributed by atoms with Crippen molar-refractivity contribution >= 4 is 23.8 Å². The number of aliphatic carboxylic acids is 1. The molecule has 110 valence electrons. The topological polar surface area (TPSA) is 78.4 Å². The molecule has 0 aliphatic heterocycles. The maximum Gasteiger partial charge on any atom is 0.314 e. The van der Waals surface area contributed by atoms with Crippen LogP contribution in [0, 0.1) is 5.82 Å². The first kappa shape index (κ1) is 16.3. The summed E-state index contributed by atoms with van der Waals surface area (Å²) in [4.78, 5) is 22.5. The van der Waals surface area contributed by atoms with Crippen molar-refractivity contribution in [2.45, 2.75) is 17.7 Å². The van der Waals surface area contributed by atoms with Gasteiger partial charge in [0.15, 0.2) is 0 Å². The number of hydrogen-bond donors (Lipinski definition) is 3. The molecule has 3 N–H and O–H groups in total. The van der Waals surface area contributed by atoms with Crippen molar-refractivity contribution < 1.29 is 19.1 Å². The average molecular weight is 300 g/mol. The quantitative estimate of drug-likeness (QED) is 0.507. The normalized spacial score (nSPS) is 10.1. The lowest BCUT2D eigenvalue weighted by Gasteiger charge is -2.06. The van der Waals surface area contributed by atoms with E-state index in [-0.39, 0.29) is 24.8 Å². The van der Waals surface area contributed by atoms with Crippen molar-refractivity contribution in [1.29, 1.82) is 0 Å². The van der Waals surface area contributed by atoms with Crippen LogP contribution in [0.15, 0.2) is 29.2 Å². The molecule has 0 unspecified atom stereocenters. The van der Waals surface area contributed by atoms with Gasteiger partial charge in [0.1, 0.15) is 5.82 Å². The third-order valence-electron chi connectivity index (χ3n) is 2.31. The summed E-state index contributed by atoms with van der Waals surface area (Å²) in [5.74, 6) is -0.392. The van der Waals surface area contributed by atoms with Gasteiger partial charge in [-0.1, -0.05) is 0 Å². The molecule has 7 heteroatoms. The van der Waals surface area contributed by atoms with Crippen LogP contribution in [0.5, 0.6) is 0 Å².